The molecule has 0 N–H and O–H groups in total. The van der Waals surface area contributed by atoms with Crippen LogP contribution in [-0.4, -0.2) is 9.55 Å². The van der Waals surface area contributed by atoms with Gasteiger partial charge in [-0.2, -0.15) is 0 Å². The largest absolute Gasteiger partial charge is 0.330 e. The van der Waals surface area contributed by atoms with Gasteiger partial charge in [-0.1, -0.05) is 46.9 Å². The van der Waals surface area contributed by atoms with Crippen molar-refractivity contribution < 1.29 is 0 Å². The fourth-order valence-corrected chi connectivity index (χ4v) is 3.04. The maximum absolute atomic E-state index is 6.35. The van der Waals surface area contributed by atoms with Crippen molar-refractivity contribution in [2.24, 2.45) is 0 Å². The first-order valence-electron chi connectivity index (χ1n) is 6.86. The summed E-state index contributed by atoms with van der Waals surface area (Å²) >= 11 is 18.3. The van der Waals surface area contributed by atoms with Crippen molar-refractivity contribution >= 4 is 34.8 Å². The van der Waals surface area contributed by atoms with Gasteiger partial charge in [0.2, 0.25) is 0 Å². The van der Waals surface area contributed by atoms with Crippen LogP contribution in [0, 0.1) is 0 Å². The molecule has 0 spiro atoms. The molecule has 1 heterocycles. The Morgan fingerprint density at radius 2 is 1.64 bits per heavy atom. The number of nitrogens with zero attached hydrogens (tertiary/aromatic N) is 2. The van der Waals surface area contributed by atoms with E-state index in [2.05, 4.69) is 16.5 Å². The normalized spacial score (nSPS) is 10.9. The molecular weight excluding hydrogens is 339 g/mol. The molecule has 0 fully saturated rings. The molecule has 0 aliphatic rings. The Morgan fingerprint density at radius 1 is 0.955 bits per heavy atom. The lowest BCUT2D eigenvalue weighted by Gasteiger charge is -2.10. The summed E-state index contributed by atoms with van der Waals surface area (Å²) in [6.07, 6.45) is 1.82. The van der Waals surface area contributed by atoms with Crippen molar-refractivity contribution in [1.29, 1.82) is 0 Å². The van der Waals surface area contributed by atoms with Crippen LogP contribution in [0.4, 0.5) is 0 Å². The second kappa shape index (κ2) is 6.33. The van der Waals surface area contributed by atoms with Gasteiger partial charge in [-0.25, -0.2) is 4.98 Å². The van der Waals surface area contributed by atoms with E-state index >= 15 is 0 Å². The Balaban J connectivity index is 2.21. The predicted octanol–water partition coefficient (Wildman–Crippen LogP) is 6.20. The number of aromatic nitrogens is 2. The van der Waals surface area contributed by atoms with Crippen molar-refractivity contribution in [3.05, 3.63) is 63.9 Å². The Kier molecular flexibility index (Phi) is 4.44. The van der Waals surface area contributed by atoms with Crippen LogP contribution >= 0.6 is 34.8 Å². The van der Waals surface area contributed by atoms with E-state index in [-0.39, 0.29) is 0 Å². The number of hydrogen-bond donors (Lipinski definition) is 0. The summed E-state index contributed by atoms with van der Waals surface area (Å²) in [4.78, 5) is 4.55. The molecule has 0 bridgehead atoms. The van der Waals surface area contributed by atoms with Crippen LogP contribution in [0.15, 0.2) is 48.8 Å². The number of rotatable bonds is 3. The first-order chi connectivity index (χ1) is 10.6. The SMILES string of the molecule is CCn1cnc(-c2ccc(Cl)cc2Cl)c1-c1ccc(Cl)cc1. The van der Waals surface area contributed by atoms with Crippen LogP contribution in [0.3, 0.4) is 0 Å². The van der Waals surface area contributed by atoms with E-state index in [9.17, 15) is 0 Å². The van der Waals surface area contributed by atoms with Crippen LogP contribution in [-0.2, 0) is 6.54 Å². The number of imidazole rings is 1. The number of halogens is 3. The zero-order chi connectivity index (χ0) is 15.7. The highest BCUT2D eigenvalue weighted by atomic mass is 35.5. The van der Waals surface area contributed by atoms with Gasteiger partial charge in [0.15, 0.2) is 0 Å². The van der Waals surface area contributed by atoms with Gasteiger partial charge < -0.3 is 4.57 Å². The minimum atomic E-state index is 0.587. The number of hydrogen-bond acceptors (Lipinski definition) is 1. The fourth-order valence-electron chi connectivity index (χ4n) is 2.41. The lowest BCUT2D eigenvalue weighted by molar-refractivity contribution is 0.769. The Morgan fingerprint density at radius 3 is 2.27 bits per heavy atom. The Hall–Kier alpha value is -1.48. The van der Waals surface area contributed by atoms with Crippen molar-refractivity contribution in [2.45, 2.75) is 13.5 Å². The van der Waals surface area contributed by atoms with Gasteiger partial charge >= 0.3 is 0 Å². The van der Waals surface area contributed by atoms with Crippen molar-refractivity contribution in [3.63, 3.8) is 0 Å². The van der Waals surface area contributed by atoms with Crippen molar-refractivity contribution in [2.75, 3.05) is 0 Å². The Labute approximate surface area is 144 Å². The van der Waals surface area contributed by atoms with Crippen LogP contribution in [0.1, 0.15) is 6.92 Å². The summed E-state index contributed by atoms with van der Waals surface area (Å²) in [6, 6.07) is 13.2. The van der Waals surface area contributed by atoms with Crippen LogP contribution < -0.4 is 0 Å². The van der Waals surface area contributed by atoms with E-state index in [0.717, 1.165) is 29.1 Å². The Bertz CT molecular complexity index is 807. The average molecular weight is 352 g/mol. The standard InChI is InChI=1S/C17H13Cl3N2/c1-2-22-10-21-16(14-8-7-13(19)9-15(14)20)17(22)11-3-5-12(18)6-4-11/h3-10H,2H2,1H3. The third-order valence-electron chi connectivity index (χ3n) is 3.48. The number of aryl methyl sites for hydroxylation is 1. The molecular formula is C17H13Cl3N2. The zero-order valence-electron chi connectivity index (χ0n) is 11.9. The summed E-state index contributed by atoms with van der Waals surface area (Å²) in [6.45, 7) is 2.89. The van der Waals surface area contributed by atoms with E-state index in [0.29, 0.717) is 15.1 Å². The van der Waals surface area contributed by atoms with Gasteiger partial charge in [0.1, 0.15) is 0 Å². The molecule has 0 saturated heterocycles. The zero-order valence-corrected chi connectivity index (χ0v) is 14.1. The molecule has 2 nitrogen and oxygen atoms in total. The minimum absolute atomic E-state index is 0.587. The maximum atomic E-state index is 6.35. The second-order valence-corrected chi connectivity index (χ2v) is 6.14. The van der Waals surface area contributed by atoms with Crippen LogP contribution in [0.5, 0.6) is 0 Å². The van der Waals surface area contributed by atoms with Crippen LogP contribution in [0.25, 0.3) is 22.5 Å². The molecule has 0 saturated carbocycles. The van der Waals surface area contributed by atoms with E-state index in [1.54, 1.807) is 6.07 Å². The maximum Gasteiger partial charge on any atom is 0.0978 e. The first-order valence-corrected chi connectivity index (χ1v) is 8.00. The smallest absolute Gasteiger partial charge is 0.0978 e. The molecule has 3 rings (SSSR count). The summed E-state index contributed by atoms with van der Waals surface area (Å²) in [7, 11) is 0. The highest BCUT2D eigenvalue weighted by Crippen LogP contribution is 2.36. The first kappa shape index (κ1) is 15.4. The molecule has 2 aromatic carbocycles. The summed E-state index contributed by atoms with van der Waals surface area (Å²) in [5, 5.41) is 1.90. The van der Waals surface area contributed by atoms with Crippen molar-refractivity contribution in [3.8, 4) is 22.5 Å². The van der Waals surface area contributed by atoms with E-state index in [4.69, 9.17) is 34.8 Å². The summed E-state index contributed by atoms with van der Waals surface area (Å²) in [5.41, 5.74) is 3.77. The van der Waals surface area contributed by atoms with Crippen molar-refractivity contribution in [1.82, 2.24) is 9.55 Å². The predicted molar refractivity (Wildman–Crippen MR) is 93.8 cm³/mol. The molecule has 0 aliphatic carbocycles. The lowest BCUT2D eigenvalue weighted by atomic mass is 10.0. The molecule has 0 radical (unpaired) electrons. The molecule has 0 unspecified atom stereocenters. The van der Waals surface area contributed by atoms with Gasteiger partial charge in [0, 0.05) is 27.7 Å². The third kappa shape index (κ3) is 2.87. The highest BCUT2D eigenvalue weighted by molar-refractivity contribution is 6.36. The molecule has 112 valence electrons. The molecule has 0 amide bonds. The summed E-state index contributed by atoms with van der Waals surface area (Å²) < 4.78 is 2.09. The second-order valence-electron chi connectivity index (χ2n) is 4.86. The highest BCUT2D eigenvalue weighted by Gasteiger charge is 2.16. The van der Waals surface area contributed by atoms with Crippen LogP contribution in [0.2, 0.25) is 15.1 Å². The molecule has 5 heteroatoms. The molecule has 0 aliphatic heterocycles. The topological polar surface area (TPSA) is 17.8 Å². The molecule has 1 aromatic heterocycles. The van der Waals surface area contributed by atoms with E-state index < -0.39 is 0 Å². The third-order valence-corrected chi connectivity index (χ3v) is 4.28. The average Bonchev–Trinajstić information content (AvgIpc) is 2.92. The van der Waals surface area contributed by atoms with E-state index in [1.807, 2.05) is 42.7 Å². The molecule has 0 atom stereocenters. The van der Waals surface area contributed by atoms with Gasteiger partial charge in [-0.3, -0.25) is 0 Å². The molecule has 3 aromatic rings. The van der Waals surface area contributed by atoms with Gasteiger partial charge in [0.25, 0.3) is 0 Å². The van der Waals surface area contributed by atoms with Gasteiger partial charge in [0.05, 0.1) is 22.7 Å². The quantitative estimate of drug-likeness (QED) is 0.549. The molecule has 22 heavy (non-hydrogen) atoms. The van der Waals surface area contributed by atoms with Gasteiger partial charge in [-0.15, -0.1) is 0 Å². The lowest BCUT2D eigenvalue weighted by Crippen LogP contribution is -1.96. The monoisotopic (exact) mass is 350 g/mol. The summed E-state index contributed by atoms with van der Waals surface area (Å²) in [5.74, 6) is 0. The van der Waals surface area contributed by atoms with Gasteiger partial charge in [-0.05, 0) is 37.3 Å². The van der Waals surface area contributed by atoms with E-state index in [1.165, 1.54) is 0 Å². The minimum Gasteiger partial charge on any atom is -0.330 e. The fraction of sp³-hybridized carbons (Fsp3) is 0.118. The number of benzene rings is 2.